The van der Waals surface area contributed by atoms with Crippen LogP contribution in [0, 0.1) is 0 Å². The molecule has 0 aliphatic carbocycles. The number of aromatic nitrogens is 4. The fourth-order valence-corrected chi connectivity index (χ4v) is 10.5. The maximum atomic E-state index is 4.74. The summed E-state index contributed by atoms with van der Waals surface area (Å²) in [6.07, 6.45) is 71.0. The molecule has 0 aliphatic rings. The largest absolute Gasteiger partial charge is 0.354 e. The molecule has 0 unspecified atom stereocenters. The van der Waals surface area contributed by atoms with Crippen molar-refractivity contribution in [2.45, 2.75) is 311 Å². The summed E-state index contributed by atoms with van der Waals surface area (Å²) >= 11 is 0. The quantitative estimate of drug-likeness (QED) is 0.0396. The van der Waals surface area contributed by atoms with Gasteiger partial charge in [-0.15, -0.1) is 34.0 Å². The first kappa shape index (κ1) is 76.8. The number of aryl methyl sites for hydroxylation is 4. The standard InChI is InChI=1S/2C36H62N4.2BrH/c2*1-3-5-7-9-15-19-27-37-35-23-31-39(32-24-35)29-21-17-13-11-12-14-18-22-30-40-33-25-36(26-34-40)38-28-20-16-10-8-6-4-2;;/h2*23-26,31-34H,3-22,27-30H2,1-2H3;2*1H. The zero-order chi connectivity index (χ0) is 56.7. The van der Waals surface area contributed by atoms with E-state index in [9.17, 15) is 0 Å². The molecule has 4 rings (SSSR count). The summed E-state index contributed by atoms with van der Waals surface area (Å²) in [5.41, 5.74) is 0. The van der Waals surface area contributed by atoms with E-state index >= 15 is 0 Å². The molecular weight excluding hydrogens is 1140 g/mol. The average Bonchev–Trinajstić information content (AvgIpc) is 3.49. The average molecular weight is 1260 g/mol. The Hall–Kier alpha value is -3.24. The third-order valence-corrected chi connectivity index (χ3v) is 15.9. The molecule has 468 valence electrons. The van der Waals surface area contributed by atoms with E-state index in [2.05, 4.69) is 144 Å². The van der Waals surface area contributed by atoms with E-state index in [0.717, 1.165) is 73.8 Å². The summed E-state index contributed by atoms with van der Waals surface area (Å²) in [6.45, 7) is 17.5. The van der Waals surface area contributed by atoms with Crippen LogP contribution in [0.25, 0.3) is 0 Å². The fourth-order valence-electron chi connectivity index (χ4n) is 10.5. The van der Waals surface area contributed by atoms with Crippen molar-refractivity contribution in [2.75, 3.05) is 26.2 Å². The molecule has 0 N–H and O–H groups in total. The molecule has 0 saturated heterocycles. The second kappa shape index (κ2) is 58.2. The van der Waals surface area contributed by atoms with E-state index in [0.29, 0.717) is 0 Å². The van der Waals surface area contributed by atoms with Crippen molar-refractivity contribution in [3.8, 4) is 0 Å². The molecule has 0 radical (unpaired) electrons. The summed E-state index contributed by atoms with van der Waals surface area (Å²) < 4.78 is 9.27. The van der Waals surface area contributed by atoms with Crippen LogP contribution in [0.5, 0.6) is 0 Å². The first-order valence-corrected chi connectivity index (χ1v) is 34.3. The summed E-state index contributed by atoms with van der Waals surface area (Å²) in [4.78, 5) is 19.0. The number of hydrogen-bond acceptors (Lipinski definition) is 4. The lowest BCUT2D eigenvalue weighted by Gasteiger charge is -2.07. The van der Waals surface area contributed by atoms with Crippen molar-refractivity contribution in [1.82, 2.24) is 18.3 Å². The van der Waals surface area contributed by atoms with E-state index < -0.39 is 0 Å². The first-order chi connectivity index (χ1) is 39.6. The van der Waals surface area contributed by atoms with Gasteiger partial charge in [-0.05, 0) is 99.9 Å². The molecule has 82 heavy (non-hydrogen) atoms. The van der Waals surface area contributed by atoms with Gasteiger partial charge in [0.2, 0.25) is 0 Å². The summed E-state index contributed by atoms with van der Waals surface area (Å²) in [6, 6.07) is 17.4. The van der Waals surface area contributed by atoms with E-state index in [1.165, 1.54) is 257 Å². The van der Waals surface area contributed by atoms with Crippen LogP contribution in [-0.2, 0) is 26.2 Å². The Morgan fingerprint density at radius 3 is 0.524 bits per heavy atom. The fraction of sp³-hybridized carbons (Fsp3) is 0.722. The van der Waals surface area contributed by atoms with Gasteiger partial charge in [0.25, 0.3) is 0 Å². The molecule has 0 saturated carbocycles. The van der Waals surface area contributed by atoms with Crippen LogP contribution >= 0.6 is 34.0 Å². The Labute approximate surface area is 525 Å². The van der Waals surface area contributed by atoms with Crippen molar-refractivity contribution in [3.05, 3.63) is 120 Å². The predicted octanol–water partition coefficient (Wildman–Crippen LogP) is 20.4. The minimum atomic E-state index is 0. The Balaban J connectivity index is 0.000000800. The lowest BCUT2D eigenvalue weighted by Crippen LogP contribution is -2.06. The zero-order valence-corrected chi connectivity index (χ0v) is 57.0. The lowest BCUT2D eigenvalue weighted by atomic mass is 10.1. The number of hydrogen-bond donors (Lipinski definition) is 0. The van der Waals surface area contributed by atoms with Gasteiger partial charge in [-0.25, -0.2) is 0 Å². The normalized spacial score (nSPS) is 10.9. The van der Waals surface area contributed by atoms with Crippen molar-refractivity contribution >= 4 is 34.0 Å². The first-order valence-electron chi connectivity index (χ1n) is 34.3. The molecule has 10 heteroatoms. The molecule has 8 nitrogen and oxygen atoms in total. The van der Waals surface area contributed by atoms with Gasteiger partial charge in [-0.3, -0.25) is 20.0 Å². The zero-order valence-electron chi connectivity index (χ0n) is 53.6. The van der Waals surface area contributed by atoms with Crippen LogP contribution in [0.4, 0.5) is 0 Å². The highest BCUT2D eigenvalue weighted by atomic mass is 79.9. The predicted molar refractivity (Wildman–Crippen MR) is 367 cm³/mol. The topological polar surface area (TPSA) is 69.2 Å². The van der Waals surface area contributed by atoms with Crippen LogP contribution in [0.1, 0.15) is 285 Å². The highest BCUT2D eigenvalue weighted by molar-refractivity contribution is 8.93. The van der Waals surface area contributed by atoms with Crippen molar-refractivity contribution in [3.63, 3.8) is 0 Å². The maximum Gasteiger partial charge on any atom is 0.0603 e. The van der Waals surface area contributed by atoms with Gasteiger partial charge in [0.05, 0.1) is 21.4 Å². The van der Waals surface area contributed by atoms with Crippen molar-refractivity contribution in [2.24, 2.45) is 20.0 Å². The molecule has 0 atom stereocenters. The molecule has 0 fully saturated rings. The molecule has 0 spiro atoms. The monoisotopic (exact) mass is 1260 g/mol. The second-order valence-electron chi connectivity index (χ2n) is 23.4. The van der Waals surface area contributed by atoms with Crippen molar-refractivity contribution < 1.29 is 0 Å². The summed E-state index contributed by atoms with van der Waals surface area (Å²) in [7, 11) is 0. The molecule has 0 aliphatic heterocycles. The van der Waals surface area contributed by atoms with Gasteiger partial charge in [0.15, 0.2) is 0 Å². The molecule has 4 heterocycles. The minimum Gasteiger partial charge on any atom is -0.354 e. The number of nitrogens with zero attached hydrogens (tertiary/aromatic N) is 8. The molecule has 0 bridgehead atoms. The Bertz CT molecular complexity index is 1870. The summed E-state index contributed by atoms with van der Waals surface area (Å²) in [5, 5.41) is 4.54. The Morgan fingerprint density at radius 2 is 0.354 bits per heavy atom. The smallest absolute Gasteiger partial charge is 0.0603 e. The number of rotatable bonds is 50. The van der Waals surface area contributed by atoms with Crippen LogP contribution in [0.2, 0.25) is 0 Å². The van der Waals surface area contributed by atoms with E-state index in [1.807, 2.05) is 0 Å². The van der Waals surface area contributed by atoms with Gasteiger partial charge in [0.1, 0.15) is 0 Å². The third kappa shape index (κ3) is 45.2. The number of unbranched alkanes of at least 4 members (excludes halogenated alkanes) is 34. The van der Waals surface area contributed by atoms with Crippen LogP contribution in [0.15, 0.2) is 118 Å². The van der Waals surface area contributed by atoms with Crippen LogP contribution < -0.4 is 21.4 Å². The van der Waals surface area contributed by atoms with E-state index in [4.69, 9.17) is 20.0 Å². The van der Waals surface area contributed by atoms with Crippen LogP contribution in [-0.4, -0.2) is 44.4 Å². The minimum absolute atomic E-state index is 0. The summed E-state index contributed by atoms with van der Waals surface area (Å²) in [5.74, 6) is 0. The van der Waals surface area contributed by atoms with Gasteiger partial charge >= 0.3 is 0 Å². The molecule has 0 aromatic carbocycles. The highest BCUT2D eigenvalue weighted by Gasteiger charge is 1.99. The van der Waals surface area contributed by atoms with Gasteiger partial charge in [-0.1, -0.05) is 233 Å². The van der Waals surface area contributed by atoms with Gasteiger partial charge in [0, 0.05) is 102 Å². The van der Waals surface area contributed by atoms with E-state index in [-0.39, 0.29) is 34.0 Å². The molecule has 4 aromatic rings. The second-order valence-corrected chi connectivity index (χ2v) is 23.4. The van der Waals surface area contributed by atoms with Crippen molar-refractivity contribution in [1.29, 1.82) is 0 Å². The molecular formula is C72H126Br2N8. The Morgan fingerprint density at radius 1 is 0.207 bits per heavy atom. The van der Waals surface area contributed by atoms with E-state index in [1.54, 1.807) is 0 Å². The Kier molecular flexibility index (Phi) is 54.4. The number of pyridine rings is 4. The maximum absolute atomic E-state index is 4.74. The highest BCUT2D eigenvalue weighted by Crippen LogP contribution is 2.13. The molecule has 0 amide bonds. The van der Waals surface area contributed by atoms with Gasteiger partial charge < -0.3 is 18.3 Å². The van der Waals surface area contributed by atoms with Crippen LogP contribution in [0.3, 0.4) is 0 Å². The SMILES string of the molecule is Br.Br.CCCCCCCCN=c1ccn(CCCCCCCCCCn2ccc(=NCCCCCCCC)cc2)cc1.CCCCCCCCN=c1ccn(CCCCCCCCCCn2ccc(=NCCCCCCCC)cc2)cc1. The number of halogens is 2. The lowest BCUT2D eigenvalue weighted by molar-refractivity contribution is 0.524. The van der Waals surface area contributed by atoms with Gasteiger partial charge in [-0.2, -0.15) is 0 Å². The third-order valence-electron chi connectivity index (χ3n) is 15.9. The molecule has 4 aromatic heterocycles.